The lowest BCUT2D eigenvalue weighted by Gasteiger charge is -2.36. The largest absolute Gasteiger partial charge is 0.425 e. The molecule has 0 spiro atoms. The highest BCUT2D eigenvalue weighted by atomic mass is 19.4. The summed E-state index contributed by atoms with van der Waals surface area (Å²) in [6.45, 7) is 8.33. The summed E-state index contributed by atoms with van der Waals surface area (Å²) in [5.41, 5.74) is 2.10. The van der Waals surface area contributed by atoms with Gasteiger partial charge in [0.2, 0.25) is 11.8 Å². The van der Waals surface area contributed by atoms with Gasteiger partial charge in [-0.05, 0) is 37.1 Å². The van der Waals surface area contributed by atoms with Gasteiger partial charge in [0, 0.05) is 39.3 Å². The van der Waals surface area contributed by atoms with E-state index >= 15 is 0 Å². The van der Waals surface area contributed by atoms with E-state index in [0.717, 1.165) is 34.9 Å². The third kappa shape index (κ3) is 4.44. The SMILES string of the molecule is Cc1nnc(Cc2nnc(N3CCN(c4ccc(C(F)(F)F)cn4)CC3)c(C)c2C)o1. The van der Waals surface area contributed by atoms with Crippen LogP contribution in [0.25, 0.3) is 0 Å². The van der Waals surface area contributed by atoms with E-state index in [1.807, 2.05) is 18.7 Å². The van der Waals surface area contributed by atoms with Crippen molar-refractivity contribution in [3.63, 3.8) is 0 Å². The molecule has 4 rings (SSSR count). The van der Waals surface area contributed by atoms with Gasteiger partial charge in [0.1, 0.15) is 5.82 Å². The molecule has 0 aliphatic carbocycles. The van der Waals surface area contributed by atoms with Crippen molar-refractivity contribution in [1.82, 2.24) is 25.4 Å². The average Bonchev–Trinajstić information content (AvgIpc) is 3.16. The van der Waals surface area contributed by atoms with Gasteiger partial charge >= 0.3 is 6.18 Å². The first-order valence-electron chi connectivity index (χ1n) is 9.87. The van der Waals surface area contributed by atoms with Crippen molar-refractivity contribution in [2.24, 2.45) is 0 Å². The number of hydrogen-bond donors (Lipinski definition) is 0. The number of anilines is 2. The molecule has 31 heavy (non-hydrogen) atoms. The lowest BCUT2D eigenvalue weighted by Crippen LogP contribution is -2.47. The van der Waals surface area contributed by atoms with Crippen LogP contribution in [0.2, 0.25) is 0 Å². The van der Waals surface area contributed by atoms with Crippen LogP contribution in [-0.4, -0.2) is 51.6 Å². The van der Waals surface area contributed by atoms with Crippen molar-refractivity contribution >= 4 is 11.6 Å². The van der Waals surface area contributed by atoms with Crippen molar-refractivity contribution in [1.29, 1.82) is 0 Å². The van der Waals surface area contributed by atoms with Gasteiger partial charge in [-0.2, -0.15) is 18.3 Å². The second-order valence-electron chi connectivity index (χ2n) is 7.49. The number of rotatable bonds is 4. The van der Waals surface area contributed by atoms with Crippen LogP contribution in [0.4, 0.5) is 24.8 Å². The maximum absolute atomic E-state index is 12.7. The summed E-state index contributed by atoms with van der Waals surface area (Å²) in [6.07, 6.45) is -3.08. The standard InChI is InChI=1S/C20H22F3N7O/c1-12-13(2)19(28-26-16(12)10-18-27-25-14(3)31-18)30-8-6-29(7-9-30)17-5-4-15(11-24-17)20(21,22)23/h4-5,11H,6-10H2,1-3H3. The first-order valence-corrected chi connectivity index (χ1v) is 9.87. The number of piperazine rings is 1. The van der Waals surface area contributed by atoms with Crippen LogP contribution >= 0.6 is 0 Å². The summed E-state index contributed by atoms with van der Waals surface area (Å²) in [5, 5.41) is 16.7. The summed E-state index contributed by atoms with van der Waals surface area (Å²) in [4.78, 5) is 8.10. The third-order valence-electron chi connectivity index (χ3n) is 5.46. The van der Waals surface area contributed by atoms with E-state index in [0.29, 0.717) is 50.2 Å². The number of aromatic nitrogens is 5. The molecule has 1 saturated heterocycles. The fourth-order valence-electron chi connectivity index (χ4n) is 3.55. The van der Waals surface area contributed by atoms with E-state index in [1.54, 1.807) is 6.92 Å². The van der Waals surface area contributed by atoms with Crippen LogP contribution in [0.3, 0.4) is 0 Å². The quantitative estimate of drug-likeness (QED) is 0.621. The predicted octanol–water partition coefficient (Wildman–Crippen LogP) is 3.12. The number of alkyl halides is 3. The molecule has 0 saturated carbocycles. The lowest BCUT2D eigenvalue weighted by atomic mass is 10.1. The van der Waals surface area contributed by atoms with E-state index in [-0.39, 0.29) is 0 Å². The number of halogens is 3. The minimum Gasteiger partial charge on any atom is -0.425 e. The highest BCUT2D eigenvalue weighted by Crippen LogP contribution is 2.30. The van der Waals surface area contributed by atoms with Crippen LogP contribution in [0.5, 0.6) is 0 Å². The topological polar surface area (TPSA) is 84.1 Å². The predicted molar refractivity (Wildman–Crippen MR) is 107 cm³/mol. The Hall–Kier alpha value is -3.24. The summed E-state index contributed by atoms with van der Waals surface area (Å²) < 4.78 is 43.6. The van der Waals surface area contributed by atoms with Gasteiger partial charge in [0.05, 0.1) is 17.7 Å². The molecule has 164 valence electrons. The molecule has 3 aromatic rings. The summed E-state index contributed by atoms with van der Waals surface area (Å²) in [5.74, 6) is 2.36. The Bertz CT molecular complexity index is 1060. The molecule has 0 unspecified atom stereocenters. The zero-order valence-electron chi connectivity index (χ0n) is 17.4. The van der Waals surface area contributed by atoms with Gasteiger partial charge in [0.15, 0.2) is 5.82 Å². The van der Waals surface area contributed by atoms with Crippen LogP contribution in [0, 0.1) is 20.8 Å². The molecular formula is C20H22F3N7O. The molecule has 3 aromatic heterocycles. The molecule has 1 aliphatic rings. The fourth-order valence-corrected chi connectivity index (χ4v) is 3.55. The highest BCUT2D eigenvalue weighted by Gasteiger charge is 2.31. The molecule has 0 radical (unpaired) electrons. The average molecular weight is 433 g/mol. The third-order valence-corrected chi connectivity index (χ3v) is 5.46. The maximum Gasteiger partial charge on any atom is 0.417 e. The van der Waals surface area contributed by atoms with Crippen LogP contribution < -0.4 is 9.80 Å². The molecule has 0 amide bonds. The summed E-state index contributed by atoms with van der Waals surface area (Å²) in [7, 11) is 0. The Labute approximate surface area is 177 Å². The molecule has 0 N–H and O–H groups in total. The normalized spacial score (nSPS) is 14.9. The van der Waals surface area contributed by atoms with E-state index in [9.17, 15) is 13.2 Å². The van der Waals surface area contributed by atoms with Crippen LogP contribution in [0.15, 0.2) is 22.7 Å². The number of hydrogen-bond acceptors (Lipinski definition) is 8. The number of pyridine rings is 1. The van der Waals surface area contributed by atoms with E-state index < -0.39 is 11.7 Å². The molecule has 0 bridgehead atoms. The number of nitrogens with zero attached hydrogens (tertiary/aromatic N) is 7. The van der Waals surface area contributed by atoms with Crippen LogP contribution in [0.1, 0.15) is 34.2 Å². The Morgan fingerprint density at radius 1 is 0.903 bits per heavy atom. The van der Waals surface area contributed by atoms with E-state index in [4.69, 9.17) is 4.42 Å². The van der Waals surface area contributed by atoms with Crippen molar-refractivity contribution in [3.8, 4) is 0 Å². The zero-order chi connectivity index (χ0) is 22.2. The molecule has 8 nitrogen and oxygen atoms in total. The van der Waals surface area contributed by atoms with Crippen molar-refractivity contribution in [2.75, 3.05) is 36.0 Å². The Balaban J connectivity index is 1.43. The molecular weight excluding hydrogens is 411 g/mol. The van der Waals surface area contributed by atoms with Crippen molar-refractivity contribution < 1.29 is 17.6 Å². The fraction of sp³-hybridized carbons (Fsp3) is 0.450. The molecule has 0 aromatic carbocycles. The minimum absolute atomic E-state index is 0.425. The van der Waals surface area contributed by atoms with Gasteiger partial charge < -0.3 is 14.2 Å². The van der Waals surface area contributed by atoms with E-state index in [1.165, 1.54) is 6.07 Å². The molecule has 1 fully saturated rings. The van der Waals surface area contributed by atoms with Gasteiger partial charge in [-0.1, -0.05) is 0 Å². The summed E-state index contributed by atoms with van der Waals surface area (Å²) >= 11 is 0. The monoisotopic (exact) mass is 433 g/mol. The maximum atomic E-state index is 12.7. The smallest absolute Gasteiger partial charge is 0.417 e. The molecule has 0 atom stereocenters. The van der Waals surface area contributed by atoms with Crippen molar-refractivity contribution in [3.05, 3.63) is 52.5 Å². The second kappa shape index (κ2) is 8.12. The second-order valence-corrected chi connectivity index (χ2v) is 7.49. The first-order chi connectivity index (χ1) is 14.7. The lowest BCUT2D eigenvalue weighted by molar-refractivity contribution is -0.137. The molecule has 11 heteroatoms. The van der Waals surface area contributed by atoms with E-state index in [2.05, 4.69) is 30.3 Å². The highest BCUT2D eigenvalue weighted by molar-refractivity contribution is 5.52. The Morgan fingerprint density at radius 3 is 2.19 bits per heavy atom. The number of aryl methyl sites for hydroxylation is 1. The van der Waals surface area contributed by atoms with Gasteiger partial charge in [-0.15, -0.1) is 15.3 Å². The van der Waals surface area contributed by atoms with Crippen LogP contribution in [-0.2, 0) is 12.6 Å². The van der Waals surface area contributed by atoms with Gasteiger partial charge in [-0.3, -0.25) is 0 Å². The van der Waals surface area contributed by atoms with Gasteiger partial charge in [-0.25, -0.2) is 4.98 Å². The minimum atomic E-state index is -4.38. The summed E-state index contributed by atoms with van der Waals surface area (Å²) in [6, 6.07) is 2.49. The first kappa shape index (κ1) is 21.0. The molecule has 4 heterocycles. The Morgan fingerprint density at radius 2 is 1.61 bits per heavy atom. The molecule has 1 aliphatic heterocycles. The Kier molecular flexibility index (Phi) is 5.50. The van der Waals surface area contributed by atoms with Crippen molar-refractivity contribution in [2.45, 2.75) is 33.4 Å². The zero-order valence-corrected chi connectivity index (χ0v) is 17.4. The van der Waals surface area contributed by atoms with Gasteiger partial charge in [0.25, 0.3) is 0 Å².